The van der Waals surface area contributed by atoms with Gasteiger partial charge in [-0.2, -0.15) is 5.10 Å². The number of benzene rings is 1. The molecule has 0 bridgehead atoms. The van der Waals surface area contributed by atoms with E-state index >= 15 is 0 Å². The number of ketones is 2. The van der Waals surface area contributed by atoms with Gasteiger partial charge in [-0.25, -0.2) is 0 Å². The van der Waals surface area contributed by atoms with E-state index < -0.39 is 0 Å². The number of aliphatic hydroxyl groups is 1. The van der Waals surface area contributed by atoms with Gasteiger partial charge in [0.05, 0.1) is 5.71 Å². The SMILES string of the molecule is CCNN=C1CCSc2c(C)cc(C(=O)C3=C(O)CC(C)CC3=O)c(C)c21. The number of hydrogen-bond acceptors (Lipinski definition) is 6. The molecular weight excluding hydrogens is 360 g/mol. The summed E-state index contributed by atoms with van der Waals surface area (Å²) in [6.45, 7) is 8.52. The number of nitrogens with one attached hydrogen (secondary N) is 1. The summed E-state index contributed by atoms with van der Waals surface area (Å²) in [6.07, 6.45) is 1.50. The summed E-state index contributed by atoms with van der Waals surface area (Å²) in [5, 5.41) is 14.8. The summed E-state index contributed by atoms with van der Waals surface area (Å²) in [6, 6.07) is 1.85. The molecule has 1 aliphatic carbocycles. The highest BCUT2D eigenvalue weighted by atomic mass is 32.2. The van der Waals surface area contributed by atoms with Crippen molar-refractivity contribution >= 4 is 29.0 Å². The Morgan fingerprint density at radius 3 is 2.78 bits per heavy atom. The predicted octanol–water partition coefficient (Wildman–Crippen LogP) is 4.11. The molecule has 1 aromatic carbocycles. The van der Waals surface area contributed by atoms with Crippen molar-refractivity contribution in [2.45, 2.75) is 51.9 Å². The van der Waals surface area contributed by atoms with Crippen LogP contribution in [0.5, 0.6) is 0 Å². The van der Waals surface area contributed by atoms with Crippen LogP contribution >= 0.6 is 11.8 Å². The lowest BCUT2D eigenvalue weighted by atomic mass is 9.83. The normalized spacial score (nSPS) is 21.4. The van der Waals surface area contributed by atoms with Crippen molar-refractivity contribution in [2.24, 2.45) is 11.0 Å². The number of aliphatic hydroxyl groups excluding tert-OH is 1. The van der Waals surface area contributed by atoms with Gasteiger partial charge in [-0.3, -0.25) is 9.59 Å². The summed E-state index contributed by atoms with van der Waals surface area (Å²) >= 11 is 1.78. The van der Waals surface area contributed by atoms with Crippen LogP contribution in [0.3, 0.4) is 0 Å². The van der Waals surface area contributed by atoms with Crippen molar-refractivity contribution in [3.63, 3.8) is 0 Å². The number of hydrazone groups is 1. The van der Waals surface area contributed by atoms with Gasteiger partial charge in [0.25, 0.3) is 0 Å². The molecule has 1 aliphatic heterocycles. The maximum absolute atomic E-state index is 13.2. The first-order valence-electron chi connectivity index (χ1n) is 9.41. The second-order valence-electron chi connectivity index (χ2n) is 7.33. The largest absolute Gasteiger partial charge is 0.511 e. The van der Waals surface area contributed by atoms with Crippen LogP contribution in [0.4, 0.5) is 0 Å². The Hall–Kier alpha value is -2.08. The van der Waals surface area contributed by atoms with E-state index in [-0.39, 0.29) is 28.8 Å². The fraction of sp³-hybridized carbons (Fsp3) is 0.476. The van der Waals surface area contributed by atoms with Gasteiger partial charge in [-0.1, -0.05) is 6.92 Å². The molecule has 3 rings (SSSR count). The third-order valence-corrected chi connectivity index (χ3v) is 6.31. The van der Waals surface area contributed by atoms with Crippen LogP contribution in [0.2, 0.25) is 0 Å². The van der Waals surface area contributed by atoms with Crippen LogP contribution in [-0.4, -0.2) is 34.7 Å². The standard InChI is InChI=1S/C21H26N2O3S/c1-5-22-23-15-6-7-27-21-12(3)10-14(13(4)18(15)21)20(26)19-16(24)8-11(2)9-17(19)25/h10-11,22,24H,5-9H2,1-4H3. The van der Waals surface area contributed by atoms with Crippen molar-refractivity contribution in [3.05, 3.63) is 39.7 Å². The smallest absolute Gasteiger partial charge is 0.200 e. The van der Waals surface area contributed by atoms with Gasteiger partial charge in [-0.15, -0.1) is 11.8 Å². The number of carbonyl (C=O) groups is 2. The Balaban J connectivity index is 2.13. The zero-order valence-corrected chi connectivity index (χ0v) is 17.1. The Bertz CT molecular complexity index is 871. The molecule has 0 saturated heterocycles. The van der Waals surface area contributed by atoms with Gasteiger partial charge in [0.2, 0.25) is 0 Å². The van der Waals surface area contributed by atoms with Gasteiger partial charge in [0.1, 0.15) is 11.3 Å². The first-order valence-corrected chi connectivity index (χ1v) is 10.4. The summed E-state index contributed by atoms with van der Waals surface area (Å²) in [5.74, 6) is 0.311. The van der Waals surface area contributed by atoms with Crippen LogP contribution in [0.15, 0.2) is 27.4 Å². The predicted molar refractivity (Wildman–Crippen MR) is 109 cm³/mol. The Labute approximate surface area is 164 Å². The first-order chi connectivity index (χ1) is 12.8. The number of nitrogens with zero attached hydrogens (tertiary/aromatic N) is 1. The summed E-state index contributed by atoms with van der Waals surface area (Å²) in [5.41, 5.74) is 7.25. The van der Waals surface area contributed by atoms with E-state index in [0.717, 1.165) is 46.0 Å². The third-order valence-electron chi connectivity index (χ3n) is 5.09. The monoisotopic (exact) mass is 386 g/mol. The summed E-state index contributed by atoms with van der Waals surface area (Å²) in [4.78, 5) is 26.8. The van der Waals surface area contributed by atoms with Crippen LogP contribution in [-0.2, 0) is 4.79 Å². The zero-order chi connectivity index (χ0) is 19.7. The molecule has 144 valence electrons. The molecule has 1 atom stereocenters. The molecule has 1 heterocycles. The summed E-state index contributed by atoms with van der Waals surface area (Å²) < 4.78 is 0. The van der Waals surface area contributed by atoms with E-state index in [2.05, 4.69) is 10.5 Å². The Morgan fingerprint density at radius 1 is 1.37 bits per heavy atom. The molecule has 0 amide bonds. The van der Waals surface area contributed by atoms with Gasteiger partial charge < -0.3 is 10.5 Å². The molecule has 1 unspecified atom stereocenters. The average Bonchev–Trinajstić information content (AvgIpc) is 2.61. The maximum Gasteiger partial charge on any atom is 0.200 e. The lowest BCUT2D eigenvalue weighted by molar-refractivity contribution is -0.116. The van der Waals surface area contributed by atoms with Crippen LogP contribution < -0.4 is 5.43 Å². The van der Waals surface area contributed by atoms with Crippen molar-refractivity contribution in [3.8, 4) is 0 Å². The van der Waals surface area contributed by atoms with E-state index in [1.54, 1.807) is 11.8 Å². The molecule has 27 heavy (non-hydrogen) atoms. The highest BCUT2D eigenvalue weighted by molar-refractivity contribution is 7.99. The molecule has 2 aliphatic rings. The Morgan fingerprint density at radius 2 is 2.11 bits per heavy atom. The van der Waals surface area contributed by atoms with E-state index in [1.165, 1.54) is 0 Å². The number of rotatable bonds is 4. The molecule has 0 radical (unpaired) electrons. The first kappa shape index (κ1) is 19.7. The second-order valence-corrected chi connectivity index (χ2v) is 8.43. The van der Waals surface area contributed by atoms with Crippen molar-refractivity contribution in [1.82, 2.24) is 5.43 Å². The van der Waals surface area contributed by atoms with Crippen LogP contribution in [0.25, 0.3) is 0 Å². The molecule has 5 nitrogen and oxygen atoms in total. The number of aryl methyl sites for hydroxylation is 1. The lowest BCUT2D eigenvalue weighted by Gasteiger charge is -2.25. The van der Waals surface area contributed by atoms with E-state index in [0.29, 0.717) is 18.4 Å². The van der Waals surface area contributed by atoms with E-state index in [1.807, 2.05) is 33.8 Å². The number of fused-ring (bicyclic) bond motifs is 1. The Kier molecular flexibility index (Phi) is 5.75. The maximum atomic E-state index is 13.2. The number of carbonyl (C=O) groups excluding carboxylic acids is 2. The minimum atomic E-state index is -0.369. The van der Waals surface area contributed by atoms with Crippen LogP contribution in [0.1, 0.15) is 60.2 Å². The van der Waals surface area contributed by atoms with E-state index in [9.17, 15) is 14.7 Å². The van der Waals surface area contributed by atoms with Crippen molar-refractivity contribution in [2.75, 3.05) is 12.3 Å². The van der Waals surface area contributed by atoms with Gasteiger partial charge in [0, 0.05) is 47.6 Å². The molecule has 0 aromatic heterocycles. The molecule has 2 N–H and O–H groups in total. The molecule has 0 fully saturated rings. The fourth-order valence-electron chi connectivity index (χ4n) is 3.80. The second kappa shape index (κ2) is 7.89. The lowest BCUT2D eigenvalue weighted by Crippen LogP contribution is -2.25. The zero-order valence-electron chi connectivity index (χ0n) is 16.3. The molecule has 6 heteroatoms. The van der Waals surface area contributed by atoms with Gasteiger partial charge >= 0.3 is 0 Å². The third kappa shape index (κ3) is 3.68. The molecular formula is C21H26N2O3S. The van der Waals surface area contributed by atoms with Crippen molar-refractivity contribution < 1.29 is 14.7 Å². The fourth-order valence-corrected chi connectivity index (χ4v) is 5.00. The molecule has 0 spiro atoms. The average molecular weight is 387 g/mol. The van der Waals surface area contributed by atoms with Crippen molar-refractivity contribution in [1.29, 1.82) is 0 Å². The highest BCUT2D eigenvalue weighted by Gasteiger charge is 2.33. The van der Waals surface area contributed by atoms with Gasteiger partial charge in [-0.05, 0) is 43.9 Å². The topological polar surface area (TPSA) is 78.8 Å². The van der Waals surface area contributed by atoms with Gasteiger partial charge in [0.15, 0.2) is 11.6 Å². The minimum absolute atomic E-state index is 0.0378. The number of hydrogen-bond donors (Lipinski definition) is 2. The molecule has 1 aromatic rings. The van der Waals surface area contributed by atoms with E-state index in [4.69, 9.17) is 0 Å². The number of thioether (sulfide) groups is 1. The molecule has 0 saturated carbocycles. The quantitative estimate of drug-likeness (QED) is 0.463. The highest BCUT2D eigenvalue weighted by Crippen LogP contribution is 2.38. The number of allylic oxidation sites excluding steroid dienone is 2. The van der Waals surface area contributed by atoms with Crippen LogP contribution in [0, 0.1) is 19.8 Å². The number of Topliss-reactive ketones (excluding diaryl/α,β-unsaturated/α-hetero) is 2. The minimum Gasteiger partial charge on any atom is -0.511 e. The summed E-state index contributed by atoms with van der Waals surface area (Å²) in [7, 11) is 0.